The van der Waals surface area contributed by atoms with Gasteiger partial charge >= 0.3 is 11.9 Å². The summed E-state index contributed by atoms with van der Waals surface area (Å²) in [5, 5.41) is 4.19. The molecule has 5 aliphatic rings. The minimum Gasteiger partial charge on any atom is -1.00 e. The molecule has 330 valence electrons. The highest BCUT2D eigenvalue weighted by atomic mass is 79.9. The Bertz CT molecular complexity index is 1920. The van der Waals surface area contributed by atoms with Gasteiger partial charge in [0.15, 0.2) is 0 Å². The fraction of sp³-hybridized carbons (Fsp3) is 0.600. The molecule has 0 radical (unpaired) electrons. The maximum Gasteiger partial charge on any atom is 0.305 e. The number of carbonyl (C=O) groups excluding carboxylic acids is 2. The molecule has 0 N–H and O–H groups in total. The number of esters is 2. The number of ether oxygens (including phenoxy) is 2. The summed E-state index contributed by atoms with van der Waals surface area (Å²) in [7, 11) is -1.92. The van der Waals surface area contributed by atoms with Gasteiger partial charge in [-0.3, -0.25) is 9.59 Å². The van der Waals surface area contributed by atoms with E-state index in [1.165, 1.54) is 60.0 Å². The van der Waals surface area contributed by atoms with Gasteiger partial charge in [0.1, 0.15) is 29.3 Å². The largest absolute Gasteiger partial charge is 1.00 e. The lowest BCUT2D eigenvalue weighted by atomic mass is 9.32. The molecule has 0 heterocycles. The number of rotatable bonds is 12. The van der Waals surface area contributed by atoms with Crippen LogP contribution in [0.4, 0.5) is 0 Å². The Balaban J connectivity index is 0.00000561. The Morgan fingerprint density at radius 1 is 0.672 bits per heavy atom. The summed E-state index contributed by atoms with van der Waals surface area (Å²) in [5.74, 6) is 2.65. The molecule has 0 bridgehead atoms. The second-order valence-electron chi connectivity index (χ2n) is 21.7. The van der Waals surface area contributed by atoms with Crippen LogP contribution in [0.25, 0.3) is 0 Å². The number of benzene rings is 3. The summed E-state index contributed by atoms with van der Waals surface area (Å²) in [4.78, 5) is 26.0. The van der Waals surface area contributed by atoms with E-state index in [4.69, 9.17) is 9.47 Å². The summed E-state index contributed by atoms with van der Waals surface area (Å²) >= 11 is 0. The molecule has 0 amide bonds. The topological polar surface area (TPSA) is 52.6 Å². The van der Waals surface area contributed by atoms with Gasteiger partial charge in [0.05, 0.1) is 12.8 Å². The molecule has 6 heteroatoms. The van der Waals surface area contributed by atoms with Crippen LogP contribution in [0, 0.1) is 56.7 Å². The Morgan fingerprint density at radius 2 is 1.26 bits per heavy atom. The van der Waals surface area contributed by atoms with Crippen molar-refractivity contribution in [1.82, 2.24) is 0 Å². The number of hydrogen-bond acceptors (Lipinski definition) is 4. The van der Waals surface area contributed by atoms with E-state index in [0.29, 0.717) is 42.6 Å². The SMILES string of the molecule is C=C(C)[C@@H]1CC[C@]2(COC(=O)CCCC[P+](c3ccccc3)(c3ccccc3)c3ccccc3)CC[C@]3(C)[C@H](CC[C@@H]4[C@@]5(C)CC[C@H](OC(C)=O)C(C)(C)[C@@H]5CC[C@]43C)[C@@H]12.[Br-]. The van der Waals surface area contributed by atoms with Crippen LogP contribution in [0.3, 0.4) is 0 Å². The fourth-order valence-electron chi connectivity index (χ4n) is 15.7. The zero-order valence-electron chi connectivity index (χ0n) is 38.4. The van der Waals surface area contributed by atoms with Gasteiger partial charge in [0, 0.05) is 24.2 Å². The monoisotopic (exact) mass is 908 g/mol. The Morgan fingerprint density at radius 3 is 1.82 bits per heavy atom. The maximum absolute atomic E-state index is 13.9. The highest BCUT2D eigenvalue weighted by Crippen LogP contribution is 2.77. The number of unbranched alkanes of at least 4 members (excludes halogenated alkanes) is 1. The highest BCUT2D eigenvalue weighted by molar-refractivity contribution is 7.95. The van der Waals surface area contributed by atoms with Crippen LogP contribution in [0.2, 0.25) is 0 Å². The molecule has 5 saturated carbocycles. The highest BCUT2D eigenvalue weighted by Gasteiger charge is 2.71. The lowest BCUT2D eigenvalue weighted by molar-refractivity contribution is -0.252. The molecule has 4 nitrogen and oxygen atoms in total. The minimum absolute atomic E-state index is 0. The second kappa shape index (κ2) is 17.7. The number of fused-ring (bicyclic) bond motifs is 7. The van der Waals surface area contributed by atoms with E-state index in [1.807, 2.05) is 0 Å². The van der Waals surface area contributed by atoms with E-state index in [1.54, 1.807) is 6.92 Å². The van der Waals surface area contributed by atoms with Crippen molar-refractivity contribution in [3.63, 3.8) is 0 Å². The third-order valence-electron chi connectivity index (χ3n) is 18.7. The first-order chi connectivity index (χ1) is 28.6. The summed E-state index contributed by atoms with van der Waals surface area (Å²) in [6, 6.07) is 33.2. The third kappa shape index (κ3) is 7.74. The lowest BCUT2D eigenvalue weighted by Crippen LogP contribution is -3.00. The third-order valence-corrected chi connectivity index (χ3v) is 23.2. The Kier molecular flexibility index (Phi) is 13.4. The van der Waals surface area contributed by atoms with E-state index in [2.05, 4.69) is 139 Å². The van der Waals surface area contributed by atoms with Crippen LogP contribution >= 0.6 is 7.26 Å². The van der Waals surface area contributed by atoms with Gasteiger partial charge in [-0.25, -0.2) is 0 Å². The predicted octanol–water partition coefficient (Wildman–Crippen LogP) is 9.29. The first-order valence-electron chi connectivity index (χ1n) is 23.7. The van der Waals surface area contributed by atoms with Crippen molar-refractivity contribution in [2.24, 2.45) is 56.7 Å². The molecule has 5 aliphatic carbocycles. The molecular weight excluding hydrogens is 835 g/mol. The quantitative estimate of drug-likeness (QED) is 0.0788. The van der Waals surface area contributed by atoms with Gasteiger partial charge in [-0.2, -0.15) is 0 Å². The summed E-state index contributed by atoms with van der Waals surface area (Å²) in [6.45, 7) is 21.8. The van der Waals surface area contributed by atoms with E-state index in [0.717, 1.165) is 44.7 Å². The van der Waals surface area contributed by atoms with Crippen molar-refractivity contribution in [2.45, 2.75) is 138 Å². The zero-order chi connectivity index (χ0) is 42.6. The van der Waals surface area contributed by atoms with Crippen LogP contribution < -0.4 is 32.9 Å². The second-order valence-corrected chi connectivity index (χ2v) is 25.3. The molecular formula is C55H74BrO4P. The fourth-order valence-corrected chi connectivity index (χ4v) is 20.1. The number of halogens is 1. The van der Waals surface area contributed by atoms with Gasteiger partial charge in [-0.1, -0.05) is 101 Å². The number of carbonyl (C=O) groups is 2. The van der Waals surface area contributed by atoms with E-state index in [-0.39, 0.29) is 62.1 Å². The molecule has 3 aromatic carbocycles. The number of allylic oxidation sites excluding steroid dienone is 1. The molecule has 0 saturated heterocycles. The molecule has 0 aromatic heterocycles. The van der Waals surface area contributed by atoms with Gasteiger partial charge < -0.3 is 26.5 Å². The first kappa shape index (κ1) is 46.2. The normalized spacial score (nSPS) is 34.9. The van der Waals surface area contributed by atoms with Crippen molar-refractivity contribution < 1.29 is 36.0 Å². The van der Waals surface area contributed by atoms with Crippen LogP contribution in [0.5, 0.6) is 0 Å². The first-order valence-corrected chi connectivity index (χ1v) is 25.6. The Hall–Kier alpha value is -2.75. The molecule has 5 fully saturated rings. The van der Waals surface area contributed by atoms with Crippen molar-refractivity contribution in [3.05, 3.63) is 103 Å². The summed E-state index contributed by atoms with van der Waals surface area (Å²) < 4.78 is 12.5. The average molecular weight is 910 g/mol. The zero-order valence-corrected chi connectivity index (χ0v) is 40.9. The van der Waals surface area contributed by atoms with Gasteiger partial charge in [-0.15, -0.1) is 0 Å². The van der Waals surface area contributed by atoms with Crippen LogP contribution in [0.15, 0.2) is 103 Å². The molecule has 0 unspecified atom stereocenters. The molecule has 0 spiro atoms. The standard InChI is InChI=1S/C55H74O4P.BrH/c1-39(2)44-29-34-55(38-58-49(57)26-18-19-37-60(41-20-12-9-13-21-41,42-22-14-10-15-23-42)43-24-16-11-17-25-43)36-35-53(7)45(50(44)55)27-28-47-52(6)32-31-48(59-40(3)56)51(4,5)46(52)30-33-54(47,53)8;/h9-17,20-25,44-48,50H,1,18-19,26-38H2,2-8H3;1H/q+1;/p-1/t44-,45+,46-,47+,48-,50+,52-,53+,54+,55+;/m0./s1. The van der Waals surface area contributed by atoms with Crippen LogP contribution in [0.1, 0.15) is 132 Å². The predicted molar refractivity (Wildman–Crippen MR) is 249 cm³/mol. The molecule has 3 aromatic rings. The molecule has 0 aliphatic heterocycles. The smallest absolute Gasteiger partial charge is 0.305 e. The molecule has 61 heavy (non-hydrogen) atoms. The molecule has 10 atom stereocenters. The van der Waals surface area contributed by atoms with Gasteiger partial charge in [0.2, 0.25) is 0 Å². The van der Waals surface area contributed by atoms with Gasteiger partial charge in [-0.05, 0) is 166 Å². The Labute approximate surface area is 379 Å². The van der Waals surface area contributed by atoms with Crippen molar-refractivity contribution in [2.75, 3.05) is 12.8 Å². The van der Waals surface area contributed by atoms with E-state index < -0.39 is 7.26 Å². The number of hydrogen-bond donors (Lipinski definition) is 0. The maximum atomic E-state index is 13.9. The van der Waals surface area contributed by atoms with Crippen molar-refractivity contribution in [1.29, 1.82) is 0 Å². The lowest BCUT2D eigenvalue weighted by Gasteiger charge is -2.73. The van der Waals surface area contributed by atoms with Crippen LogP contribution in [-0.4, -0.2) is 30.8 Å². The minimum atomic E-state index is -1.92. The summed E-state index contributed by atoms with van der Waals surface area (Å²) in [5.41, 5.74) is 2.03. The summed E-state index contributed by atoms with van der Waals surface area (Å²) in [6.07, 6.45) is 15.0. The van der Waals surface area contributed by atoms with E-state index in [9.17, 15) is 9.59 Å². The van der Waals surface area contributed by atoms with Crippen molar-refractivity contribution in [3.8, 4) is 0 Å². The van der Waals surface area contributed by atoms with Gasteiger partial charge in [0.25, 0.3) is 0 Å². The van der Waals surface area contributed by atoms with E-state index >= 15 is 0 Å². The average Bonchev–Trinajstić information content (AvgIpc) is 3.63. The van der Waals surface area contributed by atoms with Crippen LogP contribution in [-0.2, 0) is 19.1 Å². The molecule has 8 rings (SSSR count). The van der Waals surface area contributed by atoms with Crippen molar-refractivity contribution >= 4 is 35.1 Å².